The zero-order valence-electron chi connectivity index (χ0n) is 12.2. The van der Waals surface area contributed by atoms with Crippen LogP contribution in [0.3, 0.4) is 0 Å². The molecule has 1 aliphatic rings. The number of nitrogens with two attached hydrogens (primary N) is 1. The molecule has 108 valence electrons. The van der Waals surface area contributed by atoms with Crippen molar-refractivity contribution in [1.29, 1.82) is 0 Å². The largest absolute Gasteiger partial charge is 0.389 e. The molecule has 1 rings (SSSR count). The first-order valence-corrected chi connectivity index (χ1v) is 7.26. The Kier molecular flexibility index (Phi) is 6.57. The van der Waals surface area contributed by atoms with Gasteiger partial charge in [-0.2, -0.15) is 0 Å². The standard InChI is InChI=1S/C14H30N2O2/c1-4-8-18-13-6-5-7-16(10-13)12(2)9-14(3,17)11-15/h12-13,17H,4-11,15H2,1-3H3. The smallest absolute Gasteiger partial charge is 0.0756 e. The summed E-state index contributed by atoms with van der Waals surface area (Å²) in [6.45, 7) is 9.40. The molecule has 0 spiro atoms. The lowest BCUT2D eigenvalue weighted by molar-refractivity contribution is -0.0275. The molecule has 1 heterocycles. The average Bonchev–Trinajstić information content (AvgIpc) is 2.36. The molecule has 3 N–H and O–H groups in total. The van der Waals surface area contributed by atoms with Gasteiger partial charge in [0.2, 0.25) is 0 Å². The van der Waals surface area contributed by atoms with Crippen molar-refractivity contribution >= 4 is 0 Å². The van der Waals surface area contributed by atoms with Crippen LogP contribution < -0.4 is 5.73 Å². The zero-order valence-corrected chi connectivity index (χ0v) is 12.2. The van der Waals surface area contributed by atoms with E-state index in [0.717, 1.165) is 39.0 Å². The van der Waals surface area contributed by atoms with E-state index in [9.17, 15) is 5.11 Å². The number of piperidine rings is 1. The normalized spacial score (nSPS) is 26.8. The number of hydrogen-bond acceptors (Lipinski definition) is 4. The van der Waals surface area contributed by atoms with Gasteiger partial charge in [-0.25, -0.2) is 0 Å². The fourth-order valence-electron chi connectivity index (χ4n) is 2.64. The van der Waals surface area contributed by atoms with Crippen LogP contribution in [0.4, 0.5) is 0 Å². The third-order valence-corrected chi connectivity index (χ3v) is 3.77. The van der Waals surface area contributed by atoms with E-state index in [2.05, 4.69) is 18.7 Å². The lowest BCUT2D eigenvalue weighted by atomic mass is 9.95. The Balaban J connectivity index is 2.40. The number of aliphatic hydroxyl groups is 1. The molecule has 0 aliphatic carbocycles. The highest BCUT2D eigenvalue weighted by atomic mass is 16.5. The Bertz CT molecular complexity index is 234. The Morgan fingerprint density at radius 3 is 2.89 bits per heavy atom. The van der Waals surface area contributed by atoms with Gasteiger partial charge < -0.3 is 15.6 Å². The molecule has 4 heteroatoms. The Hall–Kier alpha value is -0.160. The Morgan fingerprint density at radius 2 is 2.28 bits per heavy atom. The summed E-state index contributed by atoms with van der Waals surface area (Å²) >= 11 is 0. The molecule has 1 aliphatic heterocycles. The Morgan fingerprint density at radius 1 is 1.56 bits per heavy atom. The maximum atomic E-state index is 10.0. The van der Waals surface area contributed by atoms with Crippen molar-refractivity contribution < 1.29 is 9.84 Å². The fourth-order valence-corrected chi connectivity index (χ4v) is 2.64. The van der Waals surface area contributed by atoms with Crippen molar-refractivity contribution in [2.24, 2.45) is 5.73 Å². The minimum atomic E-state index is -0.753. The van der Waals surface area contributed by atoms with Gasteiger partial charge in [-0.05, 0) is 46.1 Å². The summed E-state index contributed by atoms with van der Waals surface area (Å²) in [5.41, 5.74) is 4.83. The van der Waals surface area contributed by atoms with Gasteiger partial charge in [0.1, 0.15) is 0 Å². The molecule has 0 aromatic heterocycles. The van der Waals surface area contributed by atoms with E-state index < -0.39 is 5.60 Å². The van der Waals surface area contributed by atoms with Crippen LogP contribution in [0.5, 0.6) is 0 Å². The van der Waals surface area contributed by atoms with Crippen LogP contribution in [-0.4, -0.2) is 54.0 Å². The molecule has 3 unspecified atom stereocenters. The number of ether oxygens (including phenoxy) is 1. The molecule has 0 aromatic carbocycles. The molecular weight excluding hydrogens is 228 g/mol. The van der Waals surface area contributed by atoms with Crippen molar-refractivity contribution in [3.8, 4) is 0 Å². The molecule has 1 saturated heterocycles. The quantitative estimate of drug-likeness (QED) is 0.724. The van der Waals surface area contributed by atoms with Crippen molar-refractivity contribution in [3.63, 3.8) is 0 Å². The number of nitrogens with zero attached hydrogens (tertiary/aromatic N) is 1. The van der Waals surface area contributed by atoms with E-state index in [1.165, 1.54) is 6.42 Å². The minimum Gasteiger partial charge on any atom is -0.389 e. The second-order valence-corrected chi connectivity index (χ2v) is 5.88. The molecule has 0 saturated carbocycles. The molecule has 0 radical (unpaired) electrons. The molecular formula is C14H30N2O2. The van der Waals surface area contributed by atoms with Crippen molar-refractivity contribution in [2.75, 3.05) is 26.2 Å². The van der Waals surface area contributed by atoms with Crippen molar-refractivity contribution in [3.05, 3.63) is 0 Å². The molecule has 0 bridgehead atoms. The predicted octanol–water partition coefficient (Wildman–Crippen LogP) is 1.37. The van der Waals surface area contributed by atoms with Gasteiger partial charge in [0, 0.05) is 25.7 Å². The SMILES string of the molecule is CCCOC1CCCN(C(C)CC(C)(O)CN)C1. The highest BCUT2D eigenvalue weighted by molar-refractivity contribution is 4.84. The van der Waals surface area contributed by atoms with Crippen LogP contribution in [0, 0.1) is 0 Å². The highest BCUT2D eigenvalue weighted by Crippen LogP contribution is 2.20. The summed E-state index contributed by atoms with van der Waals surface area (Å²) in [5, 5.41) is 10.0. The van der Waals surface area contributed by atoms with Gasteiger partial charge >= 0.3 is 0 Å². The first kappa shape index (κ1) is 15.9. The summed E-state index contributed by atoms with van der Waals surface area (Å²) < 4.78 is 5.84. The van der Waals surface area contributed by atoms with Gasteiger partial charge in [-0.15, -0.1) is 0 Å². The minimum absolute atomic E-state index is 0.320. The molecule has 18 heavy (non-hydrogen) atoms. The summed E-state index contributed by atoms with van der Waals surface area (Å²) in [7, 11) is 0. The molecule has 1 fully saturated rings. The number of hydrogen-bond donors (Lipinski definition) is 2. The van der Waals surface area contributed by atoms with Gasteiger partial charge in [0.05, 0.1) is 11.7 Å². The maximum absolute atomic E-state index is 10.0. The first-order chi connectivity index (χ1) is 8.48. The van der Waals surface area contributed by atoms with Crippen molar-refractivity contribution in [1.82, 2.24) is 4.90 Å². The third-order valence-electron chi connectivity index (χ3n) is 3.77. The van der Waals surface area contributed by atoms with E-state index in [1.54, 1.807) is 0 Å². The summed E-state index contributed by atoms with van der Waals surface area (Å²) in [4.78, 5) is 2.42. The second-order valence-electron chi connectivity index (χ2n) is 5.88. The van der Waals surface area contributed by atoms with Crippen molar-refractivity contribution in [2.45, 2.75) is 64.2 Å². The van der Waals surface area contributed by atoms with Crippen LogP contribution in [0.25, 0.3) is 0 Å². The lowest BCUT2D eigenvalue weighted by Gasteiger charge is -2.39. The molecule has 4 nitrogen and oxygen atoms in total. The average molecular weight is 258 g/mol. The highest BCUT2D eigenvalue weighted by Gasteiger charge is 2.28. The van der Waals surface area contributed by atoms with Gasteiger partial charge in [0.15, 0.2) is 0 Å². The number of likely N-dealkylation sites (tertiary alicyclic amines) is 1. The second kappa shape index (κ2) is 7.43. The molecule has 0 amide bonds. The van der Waals surface area contributed by atoms with Gasteiger partial charge in [-0.1, -0.05) is 6.92 Å². The van der Waals surface area contributed by atoms with Crippen LogP contribution >= 0.6 is 0 Å². The maximum Gasteiger partial charge on any atom is 0.0756 e. The Labute approximate surface area is 111 Å². The van der Waals surface area contributed by atoms with E-state index in [0.29, 0.717) is 18.7 Å². The van der Waals surface area contributed by atoms with E-state index in [-0.39, 0.29) is 0 Å². The number of rotatable bonds is 7. The predicted molar refractivity (Wildman–Crippen MR) is 74.6 cm³/mol. The van der Waals surface area contributed by atoms with E-state index in [4.69, 9.17) is 10.5 Å². The monoisotopic (exact) mass is 258 g/mol. The zero-order chi connectivity index (χ0) is 13.6. The first-order valence-electron chi connectivity index (χ1n) is 7.26. The van der Waals surface area contributed by atoms with Crippen LogP contribution in [-0.2, 0) is 4.74 Å². The lowest BCUT2D eigenvalue weighted by Crippen LogP contribution is -2.48. The topological polar surface area (TPSA) is 58.7 Å². The van der Waals surface area contributed by atoms with Crippen LogP contribution in [0.2, 0.25) is 0 Å². The molecule has 0 aromatic rings. The van der Waals surface area contributed by atoms with Crippen LogP contribution in [0.1, 0.15) is 46.5 Å². The summed E-state index contributed by atoms with van der Waals surface area (Å²) in [5.74, 6) is 0. The van der Waals surface area contributed by atoms with E-state index >= 15 is 0 Å². The third kappa shape index (κ3) is 5.22. The summed E-state index contributed by atoms with van der Waals surface area (Å²) in [6, 6.07) is 0.358. The van der Waals surface area contributed by atoms with Gasteiger partial charge in [0.25, 0.3) is 0 Å². The van der Waals surface area contributed by atoms with Crippen LogP contribution in [0.15, 0.2) is 0 Å². The molecule has 3 atom stereocenters. The summed E-state index contributed by atoms with van der Waals surface area (Å²) in [6.07, 6.45) is 4.52. The van der Waals surface area contributed by atoms with E-state index in [1.807, 2.05) is 6.92 Å². The van der Waals surface area contributed by atoms with Gasteiger partial charge in [-0.3, -0.25) is 4.90 Å². The fraction of sp³-hybridized carbons (Fsp3) is 1.00.